The van der Waals surface area contributed by atoms with E-state index in [0.717, 1.165) is 19.5 Å². The lowest BCUT2D eigenvalue weighted by Crippen LogP contribution is -2.18. The van der Waals surface area contributed by atoms with Crippen molar-refractivity contribution in [1.29, 1.82) is 5.26 Å². The van der Waals surface area contributed by atoms with Crippen molar-refractivity contribution >= 4 is 11.5 Å². The highest BCUT2D eigenvalue weighted by Gasteiger charge is 2.22. The number of rotatable bonds is 4. The highest BCUT2D eigenvalue weighted by molar-refractivity contribution is 5.64. The Morgan fingerprint density at radius 1 is 1.72 bits per heavy atom. The lowest BCUT2D eigenvalue weighted by atomic mass is 10.1. The smallest absolute Gasteiger partial charge is 0.328 e. The van der Waals surface area contributed by atoms with Gasteiger partial charge in [-0.05, 0) is 31.5 Å². The summed E-state index contributed by atoms with van der Waals surface area (Å²) < 4.78 is 0. The SMILES string of the molecule is N#Cc1ccnc(NCC2CCNC2)c1[N+](=O)[O-]. The molecule has 0 amide bonds. The Kier molecular flexibility index (Phi) is 3.69. The van der Waals surface area contributed by atoms with E-state index in [9.17, 15) is 10.1 Å². The number of pyridine rings is 1. The van der Waals surface area contributed by atoms with Crippen molar-refractivity contribution < 1.29 is 4.92 Å². The highest BCUT2D eigenvalue weighted by Crippen LogP contribution is 2.26. The van der Waals surface area contributed by atoms with Crippen LogP contribution < -0.4 is 10.6 Å². The second-order valence-corrected chi connectivity index (χ2v) is 4.16. The molecule has 94 valence electrons. The van der Waals surface area contributed by atoms with Gasteiger partial charge in [-0.2, -0.15) is 5.26 Å². The molecule has 1 atom stereocenters. The van der Waals surface area contributed by atoms with Crippen LogP contribution in [0.3, 0.4) is 0 Å². The number of hydrogen-bond donors (Lipinski definition) is 2. The van der Waals surface area contributed by atoms with Gasteiger partial charge in [-0.1, -0.05) is 0 Å². The van der Waals surface area contributed by atoms with Crippen LogP contribution in [0.25, 0.3) is 0 Å². The minimum atomic E-state index is -0.569. The van der Waals surface area contributed by atoms with Gasteiger partial charge in [0, 0.05) is 12.7 Å². The molecular weight excluding hydrogens is 234 g/mol. The lowest BCUT2D eigenvalue weighted by molar-refractivity contribution is -0.384. The van der Waals surface area contributed by atoms with Gasteiger partial charge < -0.3 is 10.6 Å². The molecule has 1 saturated heterocycles. The third-order valence-corrected chi connectivity index (χ3v) is 2.95. The van der Waals surface area contributed by atoms with Crippen molar-refractivity contribution in [2.24, 2.45) is 5.92 Å². The van der Waals surface area contributed by atoms with E-state index in [2.05, 4.69) is 15.6 Å². The molecule has 0 saturated carbocycles. The van der Waals surface area contributed by atoms with E-state index in [1.807, 2.05) is 6.07 Å². The third kappa shape index (κ3) is 2.55. The van der Waals surface area contributed by atoms with Crippen molar-refractivity contribution in [3.05, 3.63) is 27.9 Å². The number of nitro groups is 1. The van der Waals surface area contributed by atoms with Gasteiger partial charge in [0.25, 0.3) is 0 Å². The molecule has 2 heterocycles. The van der Waals surface area contributed by atoms with Crippen LogP contribution in [0.2, 0.25) is 0 Å². The molecule has 0 aromatic carbocycles. The second-order valence-electron chi connectivity index (χ2n) is 4.16. The quantitative estimate of drug-likeness (QED) is 0.604. The summed E-state index contributed by atoms with van der Waals surface area (Å²) in [6.07, 6.45) is 2.44. The summed E-state index contributed by atoms with van der Waals surface area (Å²) in [5.74, 6) is 0.614. The monoisotopic (exact) mass is 247 g/mol. The number of nitriles is 1. The van der Waals surface area contributed by atoms with Crippen LogP contribution in [0.15, 0.2) is 12.3 Å². The summed E-state index contributed by atoms with van der Waals surface area (Å²) in [5, 5.41) is 26.0. The molecule has 1 aliphatic heterocycles. The van der Waals surface area contributed by atoms with Gasteiger partial charge in [-0.15, -0.1) is 0 Å². The first kappa shape index (κ1) is 12.3. The molecule has 0 aliphatic carbocycles. The van der Waals surface area contributed by atoms with Crippen molar-refractivity contribution in [3.63, 3.8) is 0 Å². The van der Waals surface area contributed by atoms with Gasteiger partial charge in [0.2, 0.25) is 5.82 Å². The summed E-state index contributed by atoms with van der Waals surface area (Å²) in [6, 6.07) is 3.16. The van der Waals surface area contributed by atoms with Gasteiger partial charge >= 0.3 is 5.69 Å². The number of anilines is 1. The average molecular weight is 247 g/mol. The van der Waals surface area contributed by atoms with Gasteiger partial charge in [0.05, 0.1) is 4.92 Å². The van der Waals surface area contributed by atoms with Crippen LogP contribution in [0.4, 0.5) is 11.5 Å². The molecule has 1 aromatic rings. The van der Waals surface area contributed by atoms with E-state index >= 15 is 0 Å². The summed E-state index contributed by atoms with van der Waals surface area (Å²) in [7, 11) is 0. The molecule has 0 spiro atoms. The summed E-state index contributed by atoms with van der Waals surface area (Å²) in [6.45, 7) is 2.49. The molecule has 1 aromatic heterocycles. The Balaban J connectivity index is 2.16. The standard InChI is InChI=1S/C11H13N5O2/c12-5-9-2-4-14-11(10(9)16(17)18)15-7-8-1-3-13-6-8/h2,4,8,13H,1,3,6-7H2,(H,14,15). The fourth-order valence-electron chi connectivity index (χ4n) is 1.99. The lowest BCUT2D eigenvalue weighted by Gasteiger charge is -2.10. The Hall–Kier alpha value is -2.20. The van der Waals surface area contributed by atoms with E-state index in [4.69, 9.17) is 5.26 Å². The zero-order valence-corrected chi connectivity index (χ0v) is 9.72. The zero-order chi connectivity index (χ0) is 13.0. The number of nitrogens with one attached hydrogen (secondary N) is 2. The van der Waals surface area contributed by atoms with E-state index < -0.39 is 4.92 Å². The summed E-state index contributed by atoms with van der Waals surface area (Å²) in [4.78, 5) is 14.3. The van der Waals surface area contributed by atoms with Gasteiger partial charge in [-0.25, -0.2) is 4.98 Å². The van der Waals surface area contributed by atoms with Crippen molar-refractivity contribution in [3.8, 4) is 6.07 Å². The molecule has 0 radical (unpaired) electrons. The zero-order valence-electron chi connectivity index (χ0n) is 9.72. The molecule has 7 nitrogen and oxygen atoms in total. The van der Waals surface area contributed by atoms with Gasteiger partial charge in [0.1, 0.15) is 11.6 Å². The largest absolute Gasteiger partial charge is 0.364 e. The molecule has 0 bridgehead atoms. The third-order valence-electron chi connectivity index (χ3n) is 2.95. The van der Waals surface area contributed by atoms with Crippen molar-refractivity contribution in [2.45, 2.75) is 6.42 Å². The molecule has 7 heteroatoms. The molecular formula is C11H13N5O2. The molecule has 1 fully saturated rings. The first-order chi connectivity index (χ1) is 8.72. The fourth-order valence-corrected chi connectivity index (χ4v) is 1.99. The van der Waals surface area contributed by atoms with Crippen LogP contribution in [0, 0.1) is 27.4 Å². The molecule has 2 N–H and O–H groups in total. The van der Waals surface area contributed by atoms with Crippen molar-refractivity contribution in [2.75, 3.05) is 25.0 Å². The Labute approximate surface area is 104 Å². The number of hydrogen-bond acceptors (Lipinski definition) is 6. The van der Waals surface area contributed by atoms with E-state index in [1.165, 1.54) is 12.3 Å². The van der Waals surface area contributed by atoms with Crippen LogP contribution in [-0.4, -0.2) is 29.5 Å². The van der Waals surface area contributed by atoms with E-state index in [1.54, 1.807) is 0 Å². The predicted octanol–water partition coefficient (Wildman–Crippen LogP) is 0.883. The fraction of sp³-hybridized carbons (Fsp3) is 0.455. The Bertz CT molecular complexity index is 491. The minimum absolute atomic E-state index is 0.0297. The van der Waals surface area contributed by atoms with Crippen LogP contribution in [0.1, 0.15) is 12.0 Å². The van der Waals surface area contributed by atoms with E-state index in [0.29, 0.717) is 12.5 Å². The highest BCUT2D eigenvalue weighted by atomic mass is 16.6. The summed E-state index contributed by atoms with van der Waals surface area (Å²) >= 11 is 0. The maximum atomic E-state index is 11.0. The first-order valence-corrected chi connectivity index (χ1v) is 5.70. The van der Waals surface area contributed by atoms with Crippen LogP contribution in [-0.2, 0) is 0 Å². The van der Waals surface area contributed by atoms with Crippen LogP contribution in [0.5, 0.6) is 0 Å². The first-order valence-electron chi connectivity index (χ1n) is 5.70. The maximum absolute atomic E-state index is 11.0. The van der Waals surface area contributed by atoms with Gasteiger partial charge in [-0.3, -0.25) is 10.1 Å². The van der Waals surface area contributed by atoms with Crippen LogP contribution >= 0.6 is 0 Å². The molecule has 1 unspecified atom stereocenters. The summed E-state index contributed by atoms with van der Waals surface area (Å²) in [5.41, 5.74) is -0.215. The maximum Gasteiger partial charge on any atom is 0.328 e. The minimum Gasteiger partial charge on any atom is -0.364 e. The normalized spacial score (nSPS) is 18.3. The predicted molar refractivity (Wildman–Crippen MR) is 65.1 cm³/mol. The topological polar surface area (TPSA) is 104 Å². The molecule has 18 heavy (non-hydrogen) atoms. The van der Waals surface area contributed by atoms with Gasteiger partial charge in [0.15, 0.2) is 0 Å². The number of aromatic nitrogens is 1. The molecule has 2 rings (SSSR count). The average Bonchev–Trinajstić information content (AvgIpc) is 2.88. The number of nitrogens with zero attached hydrogens (tertiary/aromatic N) is 3. The Morgan fingerprint density at radius 3 is 3.17 bits per heavy atom. The Morgan fingerprint density at radius 2 is 2.56 bits per heavy atom. The second kappa shape index (κ2) is 5.42. The van der Waals surface area contributed by atoms with Crippen molar-refractivity contribution in [1.82, 2.24) is 10.3 Å². The molecule has 1 aliphatic rings. The van der Waals surface area contributed by atoms with E-state index in [-0.39, 0.29) is 17.1 Å².